The van der Waals surface area contributed by atoms with E-state index in [2.05, 4.69) is 20.6 Å². The second kappa shape index (κ2) is 20.9. The van der Waals surface area contributed by atoms with Crippen molar-refractivity contribution >= 4 is 82.2 Å². The first-order valence-electron chi connectivity index (χ1n) is 13.7. The van der Waals surface area contributed by atoms with Crippen molar-refractivity contribution in [1.29, 1.82) is 5.26 Å². The van der Waals surface area contributed by atoms with Crippen LogP contribution in [-0.2, 0) is 35.1 Å². The number of benzene rings is 2. The van der Waals surface area contributed by atoms with Gasteiger partial charge >= 0.3 is 103 Å². The second-order valence-corrected chi connectivity index (χ2v) is 15.6. The number of amides is 1. The molecule has 0 fully saturated rings. The normalized spacial score (nSPS) is 11.8. The summed E-state index contributed by atoms with van der Waals surface area (Å²) in [5.41, 5.74) is 0.691. The maximum atomic E-state index is 12.1. The number of nitrogens with one attached hydrogen (secondary N) is 1. The number of sulfonamides is 1. The van der Waals surface area contributed by atoms with Crippen molar-refractivity contribution in [1.82, 2.24) is 9.78 Å². The number of anilines is 2. The third-order valence-corrected chi connectivity index (χ3v) is 9.49. The molecular weight excluding hydrogens is 814 g/mol. The number of rotatable bonds is 16. The molecule has 0 aliphatic rings. The fraction of sp³-hybridized carbons (Fsp3) is 0.346. The van der Waals surface area contributed by atoms with Gasteiger partial charge < -0.3 is 19.3 Å². The van der Waals surface area contributed by atoms with E-state index in [1.165, 1.54) is 19.1 Å². The van der Waals surface area contributed by atoms with Gasteiger partial charge in [-0.05, 0) is 56.0 Å². The van der Waals surface area contributed by atoms with Gasteiger partial charge in [-0.3, -0.25) is 4.79 Å². The summed E-state index contributed by atoms with van der Waals surface area (Å²) in [6, 6.07) is 8.61. The third-order valence-electron chi connectivity index (χ3n) is 6.45. The third kappa shape index (κ3) is 15.1. The molecular formula is C26H28Cl2K2N8O9S3. The van der Waals surface area contributed by atoms with Gasteiger partial charge in [0.15, 0.2) is 5.82 Å². The monoisotopic (exact) mass is 840 g/mol. The summed E-state index contributed by atoms with van der Waals surface area (Å²) in [6.45, 7) is 1.74. The molecule has 17 nitrogen and oxygen atoms in total. The van der Waals surface area contributed by atoms with E-state index in [-0.39, 0.29) is 185 Å². The molecule has 50 heavy (non-hydrogen) atoms. The Morgan fingerprint density at radius 3 is 1.96 bits per heavy atom. The molecule has 0 bridgehead atoms. The van der Waals surface area contributed by atoms with Crippen LogP contribution in [0, 0.1) is 11.3 Å². The number of nitrogens with zero attached hydrogens (tertiary/aromatic N) is 6. The van der Waals surface area contributed by atoms with Crippen molar-refractivity contribution < 1.29 is 142 Å². The van der Waals surface area contributed by atoms with Crippen LogP contribution in [0.15, 0.2) is 51.7 Å². The Bertz CT molecular complexity index is 2030. The molecule has 0 unspecified atom stereocenters. The fourth-order valence-electron chi connectivity index (χ4n) is 4.32. The average Bonchev–Trinajstić information content (AvgIpc) is 3.35. The predicted octanol–water partition coefficient (Wildman–Crippen LogP) is -2.46. The number of azo groups is 1. The molecule has 3 rings (SSSR count). The zero-order chi connectivity index (χ0) is 35.9. The largest absolute Gasteiger partial charge is 1.00 e. The molecule has 1 aromatic heterocycles. The molecule has 3 N–H and O–H groups in total. The zero-order valence-electron chi connectivity index (χ0n) is 27.0. The van der Waals surface area contributed by atoms with Crippen LogP contribution in [0.4, 0.5) is 22.9 Å². The van der Waals surface area contributed by atoms with Crippen LogP contribution >= 0.6 is 23.2 Å². The molecule has 1 heterocycles. The minimum Gasteiger partial charge on any atom is -0.748 e. The minimum absolute atomic E-state index is 0. The number of primary sulfonamides is 1. The van der Waals surface area contributed by atoms with Crippen molar-refractivity contribution in [3.63, 3.8) is 0 Å². The fourth-order valence-corrected chi connectivity index (χ4v) is 6.78. The Balaban J connectivity index is 0.00000625. The van der Waals surface area contributed by atoms with Crippen LogP contribution in [0.5, 0.6) is 0 Å². The van der Waals surface area contributed by atoms with Gasteiger partial charge in [-0.1, -0.05) is 23.2 Å². The first kappa shape index (κ1) is 47.6. The van der Waals surface area contributed by atoms with Crippen molar-refractivity contribution in [2.45, 2.75) is 37.5 Å². The van der Waals surface area contributed by atoms with Gasteiger partial charge in [-0.25, -0.2) is 35.1 Å². The molecule has 0 aliphatic carbocycles. The Morgan fingerprint density at radius 2 is 1.50 bits per heavy atom. The maximum Gasteiger partial charge on any atom is 1.00 e. The predicted molar refractivity (Wildman–Crippen MR) is 174 cm³/mol. The molecule has 0 spiro atoms. The van der Waals surface area contributed by atoms with Crippen LogP contribution in [-0.4, -0.2) is 74.6 Å². The average molecular weight is 842 g/mol. The number of nitrogens with two attached hydrogens (primary N) is 1. The second-order valence-electron chi connectivity index (χ2n) is 10.2. The number of aromatic nitrogens is 2. The summed E-state index contributed by atoms with van der Waals surface area (Å²) < 4.78 is 90.8. The molecule has 2 aromatic carbocycles. The van der Waals surface area contributed by atoms with Crippen LogP contribution in [0.25, 0.3) is 5.69 Å². The number of hydrogen-bond donors (Lipinski definition) is 2. The first-order chi connectivity index (χ1) is 22.3. The molecule has 3 aromatic rings. The molecule has 0 atom stereocenters. The quantitative estimate of drug-likeness (QED) is 0.0658. The molecule has 24 heteroatoms. The van der Waals surface area contributed by atoms with Crippen LogP contribution in [0.2, 0.25) is 10.0 Å². The van der Waals surface area contributed by atoms with Gasteiger partial charge in [0.2, 0.25) is 15.9 Å². The SMILES string of the molecule is CC(=O)Nc1cc(N(CCCCS(=O)(=O)[O-])CCCCS(=O)(=O)[O-])ccc1N=Nc1c(C#N)cnn1-c1c(Cl)cc(S(N)(=O)=O)cc1Cl.[K+].[K+]. The van der Waals surface area contributed by atoms with Gasteiger partial charge in [-0.2, -0.15) is 10.4 Å². The molecule has 1 amide bonds. The number of hydrogen-bond acceptors (Lipinski definition) is 14. The number of nitriles is 1. The Hall–Kier alpha value is -0.407. The van der Waals surface area contributed by atoms with Crippen LogP contribution < -0.4 is 118 Å². The summed E-state index contributed by atoms with van der Waals surface area (Å²) in [5.74, 6) is -1.77. The van der Waals surface area contributed by atoms with Gasteiger partial charge in [0.1, 0.15) is 23.0 Å². The molecule has 260 valence electrons. The van der Waals surface area contributed by atoms with Crippen molar-refractivity contribution in [3.8, 4) is 11.8 Å². The van der Waals surface area contributed by atoms with Crippen LogP contribution in [0.1, 0.15) is 38.2 Å². The van der Waals surface area contributed by atoms with E-state index in [0.29, 0.717) is 5.69 Å². The van der Waals surface area contributed by atoms with Gasteiger partial charge in [-0.15, -0.1) is 10.2 Å². The summed E-state index contributed by atoms with van der Waals surface area (Å²) in [6.07, 6.45) is 1.84. The minimum atomic E-state index is -4.42. The summed E-state index contributed by atoms with van der Waals surface area (Å²) in [7, 11) is -13.0. The van der Waals surface area contributed by atoms with Crippen LogP contribution in [0.3, 0.4) is 0 Å². The van der Waals surface area contributed by atoms with E-state index in [1.807, 2.05) is 6.07 Å². The molecule has 0 aliphatic heterocycles. The smallest absolute Gasteiger partial charge is 0.748 e. The van der Waals surface area contributed by atoms with E-state index in [4.69, 9.17) is 28.3 Å². The zero-order valence-corrected chi connectivity index (χ0v) is 37.2. The van der Waals surface area contributed by atoms with Gasteiger partial charge in [0.05, 0.1) is 47.1 Å². The number of carbonyl (C=O) groups is 1. The van der Waals surface area contributed by atoms with Gasteiger partial charge in [0, 0.05) is 37.2 Å². The summed E-state index contributed by atoms with van der Waals surface area (Å²) in [5, 5.41) is 29.6. The number of unbranched alkanes of at least 4 members (excludes halogenated alkanes) is 2. The Kier molecular flexibility index (Phi) is 19.9. The van der Waals surface area contributed by atoms with Crippen molar-refractivity contribution in [3.05, 3.63) is 52.1 Å². The van der Waals surface area contributed by atoms with Gasteiger partial charge in [0.25, 0.3) is 0 Å². The molecule has 0 saturated heterocycles. The van der Waals surface area contributed by atoms with E-state index in [0.717, 1.165) is 23.0 Å². The number of carbonyl (C=O) groups excluding carboxylic acids is 1. The first-order valence-corrected chi connectivity index (χ1v) is 19.2. The molecule has 0 saturated carbocycles. The standard InChI is InChI=1S/C26H30Cl2N8O9S3.2K/c1-17(37)32-24-12-19(35(8-2-4-10-46(38,39)40)9-3-5-11-47(41,42)43)6-7-23(24)33-34-26-18(15-29)16-31-36(26)25-21(27)13-20(14-22(25)28)48(30,44)45;;/h6-7,12-14,16H,2-5,8-11H2,1H3,(H,32,37)(H2,30,44,45)(H,38,39,40)(H,41,42,43);;/q;2*+1/p-2. The Morgan fingerprint density at radius 1 is 0.960 bits per heavy atom. The van der Waals surface area contributed by atoms with Crippen molar-refractivity contribution in [2.24, 2.45) is 15.4 Å². The Labute approximate surface area is 384 Å². The molecule has 0 radical (unpaired) electrons. The summed E-state index contributed by atoms with van der Waals surface area (Å²) in [4.78, 5) is 13.5. The van der Waals surface area contributed by atoms with Crippen molar-refractivity contribution in [2.75, 3.05) is 34.8 Å². The number of halogens is 2. The summed E-state index contributed by atoms with van der Waals surface area (Å²) >= 11 is 12.6. The van der Waals surface area contributed by atoms with E-state index >= 15 is 0 Å². The van der Waals surface area contributed by atoms with E-state index in [1.54, 1.807) is 11.0 Å². The topological polar surface area (TPSA) is 273 Å². The van der Waals surface area contributed by atoms with E-state index in [9.17, 15) is 44.4 Å². The maximum absolute atomic E-state index is 12.1. The van der Waals surface area contributed by atoms with E-state index < -0.39 is 47.7 Å².